The third kappa shape index (κ3) is 6.78. The number of rotatable bonds is 7. The summed E-state index contributed by atoms with van der Waals surface area (Å²) in [7, 11) is 0. The van der Waals surface area contributed by atoms with Gasteiger partial charge in [-0.15, -0.1) is 0 Å². The molecule has 3 nitrogen and oxygen atoms in total. The summed E-state index contributed by atoms with van der Waals surface area (Å²) in [5.41, 5.74) is 0. The summed E-state index contributed by atoms with van der Waals surface area (Å²) in [5.74, 6) is -4.36. The van der Waals surface area contributed by atoms with E-state index in [0.29, 0.717) is 0 Å². The van der Waals surface area contributed by atoms with Gasteiger partial charge in [0.1, 0.15) is 12.9 Å². The van der Waals surface area contributed by atoms with E-state index in [1.54, 1.807) is 0 Å². The molecule has 0 aromatic heterocycles. The molecule has 0 amide bonds. The summed E-state index contributed by atoms with van der Waals surface area (Å²) in [5, 5.41) is 0. The normalized spacial score (nSPS) is 15.6. The summed E-state index contributed by atoms with van der Waals surface area (Å²) in [6.07, 6.45) is -6.83. The Labute approximate surface area is 106 Å². The summed E-state index contributed by atoms with van der Waals surface area (Å²) in [4.78, 5) is 10.7. The second-order valence-corrected chi connectivity index (χ2v) is 3.45. The number of halogens is 5. The van der Waals surface area contributed by atoms with E-state index in [1.807, 2.05) is 0 Å². The molecule has 0 aliphatic carbocycles. The molecule has 19 heavy (non-hydrogen) atoms. The van der Waals surface area contributed by atoms with Crippen LogP contribution in [0.2, 0.25) is 0 Å². The Hall–Kier alpha value is -1.60. The Morgan fingerprint density at radius 1 is 1.42 bits per heavy atom. The van der Waals surface area contributed by atoms with Crippen molar-refractivity contribution in [1.82, 2.24) is 0 Å². The van der Waals surface area contributed by atoms with E-state index in [9.17, 15) is 26.7 Å². The molecule has 0 saturated carbocycles. The van der Waals surface area contributed by atoms with Gasteiger partial charge in [0.05, 0.1) is 5.92 Å². The van der Waals surface area contributed by atoms with E-state index >= 15 is 0 Å². The molecular formula is C11H13F5O3. The molecule has 0 spiro atoms. The Bertz CT molecular complexity index is 338. The minimum Gasteiger partial charge on any atom is -0.465 e. The zero-order chi connectivity index (χ0) is 15.1. The van der Waals surface area contributed by atoms with Gasteiger partial charge in [-0.3, -0.25) is 0 Å². The highest BCUT2D eigenvalue weighted by molar-refractivity contribution is 5.81. The molecule has 0 rings (SSSR count). The standard InChI is InChI=1S/C11H13F5O3/c1-3-7(5-18-9(17)4-2)10(13)19-6-8(12)11(14,15)16/h4,6-7,10H,2-3,5H2,1H3. The van der Waals surface area contributed by atoms with E-state index < -0.39 is 36.9 Å². The van der Waals surface area contributed by atoms with Crippen molar-refractivity contribution in [3.8, 4) is 0 Å². The Balaban J connectivity index is 4.40. The van der Waals surface area contributed by atoms with Gasteiger partial charge in [0, 0.05) is 6.08 Å². The molecule has 0 saturated heterocycles. The van der Waals surface area contributed by atoms with Gasteiger partial charge in [0.2, 0.25) is 12.2 Å². The van der Waals surface area contributed by atoms with E-state index in [0.717, 1.165) is 6.08 Å². The molecule has 0 radical (unpaired) electrons. The number of hydrogen-bond donors (Lipinski definition) is 0. The first-order chi connectivity index (χ1) is 8.72. The zero-order valence-electron chi connectivity index (χ0n) is 10.0. The van der Waals surface area contributed by atoms with Crippen LogP contribution >= 0.6 is 0 Å². The molecular weight excluding hydrogens is 275 g/mol. The van der Waals surface area contributed by atoms with Crippen molar-refractivity contribution in [3.63, 3.8) is 0 Å². The van der Waals surface area contributed by atoms with Crippen LogP contribution in [0.15, 0.2) is 24.7 Å². The van der Waals surface area contributed by atoms with E-state index in [4.69, 9.17) is 0 Å². The van der Waals surface area contributed by atoms with Gasteiger partial charge in [0.25, 0.3) is 0 Å². The number of carbonyl (C=O) groups excluding carboxylic acids is 1. The van der Waals surface area contributed by atoms with Crippen LogP contribution in [0.3, 0.4) is 0 Å². The lowest BCUT2D eigenvalue weighted by Crippen LogP contribution is -2.24. The minimum absolute atomic E-state index is 0.118. The van der Waals surface area contributed by atoms with Gasteiger partial charge in [0.15, 0.2) is 0 Å². The Morgan fingerprint density at radius 3 is 2.42 bits per heavy atom. The first-order valence-corrected chi connectivity index (χ1v) is 5.24. The molecule has 0 heterocycles. The molecule has 110 valence electrons. The van der Waals surface area contributed by atoms with Crippen LogP contribution in [0.5, 0.6) is 0 Å². The Kier molecular flexibility index (Phi) is 7.10. The first-order valence-electron chi connectivity index (χ1n) is 5.24. The van der Waals surface area contributed by atoms with Crippen LogP contribution < -0.4 is 0 Å². The monoisotopic (exact) mass is 288 g/mol. The van der Waals surface area contributed by atoms with Gasteiger partial charge >= 0.3 is 12.1 Å². The lowest BCUT2D eigenvalue weighted by Gasteiger charge is -2.18. The van der Waals surface area contributed by atoms with Crippen LogP contribution in [0.1, 0.15) is 13.3 Å². The zero-order valence-corrected chi connectivity index (χ0v) is 10.0. The fourth-order valence-corrected chi connectivity index (χ4v) is 0.930. The van der Waals surface area contributed by atoms with Crippen molar-refractivity contribution in [2.24, 2.45) is 5.92 Å². The fourth-order valence-electron chi connectivity index (χ4n) is 0.930. The Morgan fingerprint density at radius 2 is 2.00 bits per heavy atom. The van der Waals surface area contributed by atoms with Crippen LogP contribution in [0.25, 0.3) is 0 Å². The summed E-state index contributed by atoms with van der Waals surface area (Å²) in [6.45, 7) is 4.21. The molecule has 0 aliphatic heterocycles. The number of hydrogen-bond acceptors (Lipinski definition) is 3. The molecule has 0 aliphatic rings. The fraction of sp³-hybridized carbons (Fsp3) is 0.545. The number of allylic oxidation sites excluding steroid dienone is 1. The maximum atomic E-state index is 13.4. The average molecular weight is 288 g/mol. The second kappa shape index (κ2) is 7.75. The summed E-state index contributed by atoms with van der Waals surface area (Å²) < 4.78 is 69.5. The van der Waals surface area contributed by atoms with E-state index in [-0.39, 0.29) is 12.7 Å². The number of ether oxygens (including phenoxy) is 2. The van der Waals surface area contributed by atoms with Gasteiger partial charge in [-0.25, -0.2) is 9.18 Å². The predicted octanol–water partition coefficient (Wildman–Crippen LogP) is 3.43. The van der Waals surface area contributed by atoms with Crippen LogP contribution in [-0.2, 0) is 14.3 Å². The van der Waals surface area contributed by atoms with Gasteiger partial charge in [-0.05, 0) is 6.42 Å². The highest BCUT2D eigenvalue weighted by Crippen LogP contribution is 2.27. The van der Waals surface area contributed by atoms with Crippen molar-refractivity contribution < 1.29 is 36.2 Å². The van der Waals surface area contributed by atoms with Crippen LogP contribution in [0, 0.1) is 5.92 Å². The van der Waals surface area contributed by atoms with Crippen molar-refractivity contribution in [3.05, 3.63) is 24.7 Å². The lowest BCUT2D eigenvalue weighted by atomic mass is 10.1. The highest BCUT2D eigenvalue weighted by Gasteiger charge is 2.35. The third-order valence-corrected chi connectivity index (χ3v) is 2.07. The summed E-state index contributed by atoms with van der Waals surface area (Å²) in [6, 6.07) is 0. The molecule has 2 atom stereocenters. The summed E-state index contributed by atoms with van der Waals surface area (Å²) >= 11 is 0. The molecule has 0 aromatic carbocycles. The van der Waals surface area contributed by atoms with Crippen molar-refractivity contribution in [1.29, 1.82) is 0 Å². The van der Waals surface area contributed by atoms with Crippen LogP contribution in [-0.4, -0.2) is 25.1 Å². The van der Waals surface area contributed by atoms with Crippen LogP contribution in [0.4, 0.5) is 22.0 Å². The van der Waals surface area contributed by atoms with E-state index in [2.05, 4.69) is 16.1 Å². The topological polar surface area (TPSA) is 35.5 Å². The van der Waals surface area contributed by atoms with Crippen molar-refractivity contribution >= 4 is 5.97 Å². The molecule has 0 aromatic rings. The third-order valence-electron chi connectivity index (χ3n) is 2.07. The number of alkyl halides is 4. The number of carbonyl (C=O) groups is 1. The van der Waals surface area contributed by atoms with E-state index in [1.165, 1.54) is 6.92 Å². The molecule has 0 N–H and O–H groups in total. The minimum atomic E-state index is -5.23. The maximum absolute atomic E-state index is 13.4. The smallest absolute Gasteiger partial charge is 0.446 e. The predicted molar refractivity (Wildman–Crippen MR) is 56.2 cm³/mol. The SMILES string of the molecule is C=CC(=O)OCC(CC)C(F)OC=C(F)C(F)(F)F. The molecule has 2 unspecified atom stereocenters. The largest absolute Gasteiger partial charge is 0.465 e. The lowest BCUT2D eigenvalue weighted by molar-refractivity contribution is -0.143. The maximum Gasteiger partial charge on any atom is 0.446 e. The van der Waals surface area contributed by atoms with Gasteiger partial charge in [-0.2, -0.15) is 17.6 Å². The number of esters is 1. The average Bonchev–Trinajstić information content (AvgIpc) is 2.34. The molecule has 0 fully saturated rings. The highest BCUT2D eigenvalue weighted by atomic mass is 19.4. The molecule has 0 bridgehead atoms. The van der Waals surface area contributed by atoms with Gasteiger partial charge < -0.3 is 9.47 Å². The molecule has 8 heteroatoms. The quantitative estimate of drug-likeness (QED) is 0.311. The first kappa shape index (κ1) is 17.4. The van der Waals surface area contributed by atoms with Gasteiger partial charge in [-0.1, -0.05) is 13.5 Å². The van der Waals surface area contributed by atoms with Crippen molar-refractivity contribution in [2.75, 3.05) is 6.61 Å². The van der Waals surface area contributed by atoms with Crippen molar-refractivity contribution in [2.45, 2.75) is 25.9 Å². The second-order valence-electron chi connectivity index (χ2n) is 3.45.